The molecular formula is C15H18N2O3. The van der Waals surface area contributed by atoms with Gasteiger partial charge in [-0.1, -0.05) is 30.3 Å². The molecule has 2 aliphatic rings. The van der Waals surface area contributed by atoms with E-state index >= 15 is 0 Å². The molecule has 2 saturated heterocycles. The molecule has 1 aromatic rings. The second-order valence-corrected chi connectivity index (χ2v) is 5.27. The third kappa shape index (κ3) is 2.13. The van der Waals surface area contributed by atoms with Gasteiger partial charge in [-0.2, -0.15) is 0 Å². The minimum Gasteiger partial charge on any atom is -0.378 e. The summed E-state index contributed by atoms with van der Waals surface area (Å²) >= 11 is 0. The Hall–Kier alpha value is -1.72. The van der Waals surface area contributed by atoms with Crippen LogP contribution in [0.2, 0.25) is 0 Å². The Kier molecular flexibility index (Phi) is 3.54. The van der Waals surface area contributed by atoms with Crippen LogP contribution in [-0.4, -0.2) is 49.1 Å². The summed E-state index contributed by atoms with van der Waals surface area (Å²) in [6, 6.07) is 9.31. The summed E-state index contributed by atoms with van der Waals surface area (Å²) in [7, 11) is 1.62. The third-order valence-electron chi connectivity index (χ3n) is 4.15. The summed E-state index contributed by atoms with van der Waals surface area (Å²) in [5, 5.41) is 3.17. The maximum Gasteiger partial charge on any atom is 0.237 e. The van der Waals surface area contributed by atoms with Gasteiger partial charge in [0.15, 0.2) is 0 Å². The molecule has 106 valence electrons. The van der Waals surface area contributed by atoms with E-state index in [0.29, 0.717) is 13.1 Å². The molecule has 1 N–H and O–H groups in total. The van der Waals surface area contributed by atoms with E-state index in [1.54, 1.807) is 7.11 Å². The highest BCUT2D eigenvalue weighted by atomic mass is 16.5. The number of amides is 2. The van der Waals surface area contributed by atoms with Crippen molar-refractivity contribution in [2.75, 3.05) is 20.2 Å². The number of nitrogens with zero attached hydrogens (tertiary/aromatic N) is 1. The first-order valence-electron chi connectivity index (χ1n) is 6.86. The summed E-state index contributed by atoms with van der Waals surface area (Å²) in [4.78, 5) is 26.2. The summed E-state index contributed by atoms with van der Waals surface area (Å²) in [6.45, 7) is 1.28. The number of carbonyl (C=O) groups excluding carboxylic acids is 2. The van der Waals surface area contributed by atoms with Gasteiger partial charge in [-0.05, 0) is 5.56 Å². The maximum absolute atomic E-state index is 12.6. The number of nitrogens with one attached hydrogen (secondary N) is 1. The average Bonchev–Trinajstić information content (AvgIpc) is 3.04. The summed E-state index contributed by atoms with van der Waals surface area (Å²) in [5.41, 5.74) is 0.910. The predicted molar refractivity (Wildman–Crippen MR) is 73.1 cm³/mol. The van der Waals surface area contributed by atoms with Crippen molar-refractivity contribution in [3.05, 3.63) is 35.9 Å². The molecule has 2 amide bonds. The van der Waals surface area contributed by atoms with Crippen molar-refractivity contribution < 1.29 is 14.3 Å². The van der Waals surface area contributed by atoms with Gasteiger partial charge in [0.05, 0.1) is 18.1 Å². The summed E-state index contributed by atoms with van der Waals surface area (Å²) in [5.74, 6) is -0.543. The number of ether oxygens (including phenoxy) is 1. The van der Waals surface area contributed by atoms with Gasteiger partial charge in [-0.15, -0.1) is 0 Å². The van der Waals surface area contributed by atoms with E-state index in [1.165, 1.54) is 4.90 Å². The lowest BCUT2D eigenvalue weighted by atomic mass is 9.98. The Balaban J connectivity index is 1.84. The van der Waals surface area contributed by atoms with E-state index < -0.39 is 0 Å². The molecule has 2 unspecified atom stereocenters. The second-order valence-electron chi connectivity index (χ2n) is 5.27. The first kappa shape index (κ1) is 13.3. The van der Waals surface area contributed by atoms with Crippen LogP contribution in [0.3, 0.4) is 0 Å². The van der Waals surface area contributed by atoms with E-state index in [1.807, 2.05) is 30.3 Å². The van der Waals surface area contributed by atoms with Crippen molar-refractivity contribution in [2.45, 2.75) is 24.5 Å². The largest absolute Gasteiger partial charge is 0.378 e. The van der Waals surface area contributed by atoms with Crippen molar-refractivity contribution >= 4 is 11.8 Å². The van der Waals surface area contributed by atoms with Crippen LogP contribution in [0.5, 0.6) is 0 Å². The number of hydrogen-bond acceptors (Lipinski definition) is 4. The average molecular weight is 274 g/mol. The van der Waals surface area contributed by atoms with Gasteiger partial charge in [0, 0.05) is 26.6 Å². The molecule has 0 aliphatic carbocycles. The number of rotatable bonds is 3. The Morgan fingerprint density at radius 3 is 2.65 bits per heavy atom. The minimum absolute atomic E-state index is 0.0976. The van der Waals surface area contributed by atoms with E-state index in [9.17, 15) is 9.59 Å². The van der Waals surface area contributed by atoms with Gasteiger partial charge in [0.25, 0.3) is 0 Å². The number of likely N-dealkylation sites (tertiary alicyclic amines) is 1. The van der Waals surface area contributed by atoms with Crippen LogP contribution in [-0.2, 0) is 14.3 Å². The molecule has 2 fully saturated rings. The predicted octanol–water partition coefficient (Wildman–Crippen LogP) is 0.516. The SMILES string of the molecule is CO[C@H]1CNCC1N1C(=O)CC(c2ccccc2)C1=O. The topological polar surface area (TPSA) is 58.6 Å². The number of benzene rings is 1. The van der Waals surface area contributed by atoms with Crippen LogP contribution in [0.4, 0.5) is 0 Å². The van der Waals surface area contributed by atoms with Crippen molar-refractivity contribution in [2.24, 2.45) is 0 Å². The fourth-order valence-corrected chi connectivity index (χ4v) is 3.08. The lowest BCUT2D eigenvalue weighted by molar-refractivity contribution is -0.143. The highest BCUT2D eigenvalue weighted by Crippen LogP contribution is 2.32. The first-order chi connectivity index (χ1) is 9.72. The summed E-state index contributed by atoms with van der Waals surface area (Å²) in [6.07, 6.45) is 0.146. The third-order valence-corrected chi connectivity index (χ3v) is 4.15. The molecule has 5 heteroatoms. The van der Waals surface area contributed by atoms with Gasteiger partial charge >= 0.3 is 0 Å². The molecule has 1 aromatic carbocycles. The minimum atomic E-state index is -0.346. The van der Waals surface area contributed by atoms with Gasteiger partial charge < -0.3 is 10.1 Å². The van der Waals surface area contributed by atoms with Crippen molar-refractivity contribution in [3.63, 3.8) is 0 Å². The molecular weight excluding hydrogens is 256 g/mol. The first-order valence-corrected chi connectivity index (χ1v) is 6.86. The van der Waals surface area contributed by atoms with Crippen LogP contribution < -0.4 is 5.32 Å². The quantitative estimate of drug-likeness (QED) is 0.816. The van der Waals surface area contributed by atoms with Crippen molar-refractivity contribution in [1.29, 1.82) is 0 Å². The van der Waals surface area contributed by atoms with Crippen molar-refractivity contribution in [1.82, 2.24) is 10.2 Å². The Labute approximate surface area is 117 Å². The summed E-state index contributed by atoms with van der Waals surface area (Å²) < 4.78 is 5.37. The normalized spacial score (nSPS) is 30.2. The van der Waals surface area contributed by atoms with Crippen LogP contribution in [0.25, 0.3) is 0 Å². The van der Waals surface area contributed by atoms with E-state index in [2.05, 4.69) is 5.32 Å². The lowest BCUT2D eigenvalue weighted by Gasteiger charge is -2.26. The highest BCUT2D eigenvalue weighted by Gasteiger charge is 2.46. The Bertz CT molecular complexity index is 517. The zero-order chi connectivity index (χ0) is 14.1. The molecule has 2 heterocycles. The Morgan fingerprint density at radius 2 is 1.95 bits per heavy atom. The smallest absolute Gasteiger partial charge is 0.237 e. The van der Waals surface area contributed by atoms with Crippen LogP contribution >= 0.6 is 0 Å². The molecule has 20 heavy (non-hydrogen) atoms. The van der Waals surface area contributed by atoms with Crippen LogP contribution in [0.1, 0.15) is 17.9 Å². The lowest BCUT2D eigenvalue weighted by Crippen LogP contribution is -2.47. The standard InChI is InChI=1S/C15H18N2O3/c1-20-13-9-16-8-12(13)17-14(18)7-11(15(17)19)10-5-3-2-4-6-10/h2-6,11-13,16H,7-9H2,1H3/t11?,12?,13-/m0/s1. The molecule has 2 aliphatic heterocycles. The fourth-order valence-electron chi connectivity index (χ4n) is 3.08. The van der Waals surface area contributed by atoms with Gasteiger partial charge in [-0.3, -0.25) is 14.5 Å². The molecule has 0 bridgehead atoms. The molecule has 0 saturated carbocycles. The fraction of sp³-hybridized carbons (Fsp3) is 0.467. The molecule has 0 aromatic heterocycles. The van der Waals surface area contributed by atoms with Gasteiger partial charge in [0.2, 0.25) is 11.8 Å². The maximum atomic E-state index is 12.6. The monoisotopic (exact) mass is 274 g/mol. The van der Waals surface area contributed by atoms with Crippen molar-refractivity contribution in [3.8, 4) is 0 Å². The molecule has 5 nitrogen and oxygen atoms in total. The van der Waals surface area contributed by atoms with E-state index in [-0.39, 0.29) is 36.3 Å². The number of methoxy groups -OCH3 is 1. The molecule has 3 atom stereocenters. The van der Waals surface area contributed by atoms with E-state index in [0.717, 1.165) is 5.56 Å². The number of carbonyl (C=O) groups is 2. The highest BCUT2D eigenvalue weighted by molar-refractivity contribution is 6.06. The molecule has 3 rings (SSSR count). The van der Waals surface area contributed by atoms with Crippen LogP contribution in [0.15, 0.2) is 30.3 Å². The zero-order valence-corrected chi connectivity index (χ0v) is 11.4. The number of imide groups is 1. The second kappa shape index (κ2) is 5.34. The molecule has 0 radical (unpaired) electrons. The van der Waals surface area contributed by atoms with Gasteiger partial charge in [0.1, 0.15) is 0 Å². The van der Waals surface area contributed by atoms with Gasteiger partial charge in [-0.25, -0.2) is 0 Å². The molecule has 0 spiro atoms. The Morgan fingerprint density at radius 1 is 1.20 bits per heavy atom. The number of hydrogen-bond donors (Lipinski definition) is 1. The van der Waals surface area contributed by atoms with E-state index in [4.69, 9.17) is 4.74 Å². The zero-order valence-electron chi connectivity index (χ0n) is 11.4. The van der Waals surface area contributed by atoms with Crippen LogP contribution in [0, 0.1) is 0 Å².